The van der Waals surface area contributed by atoms with E-state index in [0.29, 0.717) is 11.7 Å². The topological polar surface area (TPSA) is 53.0 Å². The summed E-state index contributed by atoms with van der Waals surface area (Å²) < 4.78 is 6.13. The highest BCUT2D eigenvalue weighted by atomic mass is 16.5. The van der Waals surface area contributed by atoms with Crippen molar-refractivity contribution < 1.29 is 14.6 Å². The Morgan fingerprint density at radius 3 is 1.79 bits per heavy atom. The van der Waals surface area contributed by atoms with Gasteiger partial charge in [-0.25, -0.2) is 4.79 Å². The fraction of sp³-hybridized carbons (Fsp3) is 0.435. The lowest BCUT2D eigenvalue weighted by atomic mass is 9.98. The van der Waals surface area contributed by atoms with E-state index < -0.39 is 5.97 Å². The van der Waals surface area contributed by atoms with Crippen LogP contribution in [0.1, 0.15) is 42.5 Å². The van der Waals surface area contributed by atoms with Gasteiger partial charge in [-0.05, 0) is 74.2 Å². The summed E-state index contributed by atoms with van der Waals surface area (Å²) in [7, 11) is 0. The minimum Gasteiger partial charge on any atom is -0.490 e. The van der Waals surface area contributed by atoms with Crippen molar-refractivity contribution in [2.75, 3.05) is 36.0 Å². The Kier molecular flexibility index (Phi) is 5.70. The largest absolute Gasteiger partial charge is 0.490 e. The summed E-state index contributed by atoms with van der Waals surface area (Å²) in [6.07, 6.45) is 6.65. The van der Waals surface area contributed by atoms with Crippen molar-refractivity contribution in [2.45, 2.75) is 38.2 Å². The molecule has 1 saturated heterocycles. The van der Waals surface area contributed by atoms with Crippen molar-refractivity contribution in [1.29, 1.82) is 0 Å². The molecule has 0 unspecified atom stereocenters. The second-order valence-electron chi connectivity index (χ2n) is 7.70. The third-order valence-corrected chi connectivity index (χ3v) is 5.82. The number of carbonyl (C=O) groups is 1. The summed E-state index contributed by atoms with van der Waals surface area (Å²) in [5, 5.41) is 9.03. The summed E-state index contributed by atoms with van der Waals surface area (Å²) in [6.45, 7) is 3.74. The molecule has 148 valence electrons. The number of anilines is 2. The molecular formula is C23H28N2O3. The highest BCUT2D eigenvalue weighted by molar-refractivity contribution is 5.88. The summed E-state index contributed by atoms with van der Waals surface area (Å²) in [5.74, 6) is 0.0973. The van der Waals surface area contributed by atoms with Gasteiger partial charge in [0.15, 0.2) is 0 Å². The molecular weight excluding hydrogens is 352 g/mol. The van der Waals surface area contributed by atoms with Crippen molar-refractivity contribution in [3.05, 3.63) is 54.1 Å². The van der Waals surface area contributed by atoms with Gasteiger partial charge in [-0.3, -0.25) is 0 Å². The van der Waals surface area contributed by atoms with Crippen molar-refractivity contribution in [3.63, 3.8) is 0 Å². The van der Waals surface area contributed by atoms with E-state index in [-0.39, 0.29) is 0 Å². The van der Waals surface area contributed by atoms with Gasteiger partial charge in [0.05, 0.1) is 11.7 Å². The molecule has 0 bridgehead atoms. The number of nitrogens with zero attached hydrogens (tertiary/aromatic N) is 2. The van der Waals surface area contributed by atoms with Gasteiger partial charge in [-0.2, -0.15) is 0 Å². The van der Waals surface area contributed by atoms with Crippen molar-refractivity contribution in [3.8, 4) is 5.75 Å². The van der Waals surface area contributed by atoms with Gasteiger partial charge in [0.2, 0.25) is 0 Å². The normalized spacial score (nSPS) is 18.1. The lowest BCUT2D eigenvalue weighted by Crippen LogP contribution is -2.46. The molecule has 0 atom stereocenters. The lowest BCUT2D eigenvalue weighted by molar-refractivity contribution is 0.0697. The molecule has 2 aromatic rings. The average molecular weight is 380 g/mol. The molecule has 1 aliphatic heterocycles. The zero-order valence-electron chi connectivity index (χ0n) is 16.2. The first-order valence-corrected chi connectivity index (χ1v) is 10.3. The van der Waals surface area contributed by atoms with E-state index >= 15 is 0 Å². The van der Waals surface area contributed by atoms with Crippen LogP contribution in [-0.4, -0.2) is 43.4 Å². The van der Waals surface area contributed by atoms with E-state index in [1.165, 1.54) is 37.8 Å². The minimum absolute atomic E-state index is 0.331. The predicted octanol–water partition coefficient (Wildman–Crippen LogP) is 4.42. The number of rotatable bonds is 5. The molecule has 0 aromatic heterocycles. The van der Waals surface area contributed by atoms with Crippen LogP contribution in [0.15, 0.2) is 48.5 Å². The van der Waals surface area contributed by atoms with Crippen LogP contribution in [-0.2, 0) is 0 Å². The monoisotopic (exact) mass is 380 g/mol. The van der Waals surface area contributed by atoms with E-state index in [0.717, 1.165) is 37.6 Å². The van der Waals surface area contributed by atoms with Crippen molar-refractivity contribution in [1.82, 2.24) is 0 Å². The maximum absolute atomic E-state index is 11.0. The van der Waals surface area contributed by atoms with Gasteiger partial charge < -0.3 is 19.6 Å². The van der Waals surface area contributed by atoms with Crippen molar-refractivity contribution in [2.24, 2.45) is 0 Å². The Labute approximate surface area is 166 Å². The molecule has 2 fully saturated rings. The van der Waals surface area contributed by atoms with E-state index in [1.54, 1.807) is 12.1 Å². The molecule has 5 heteroatoms. The number of hydrogen-bond donors (Lipinski definition) is 1. The van der Waals surface area contributed by atoms with Gasteiger partial charge in [0.1, 0.15) is 5.75 Å². The third-order valence-electron chi connectivity index (χ3n) is 5.82. The minimum atomic E-state index is -0.882. The van der Waals surface area contributed by atoms with Crippen LogP contribution in [0.3, 0.4) is 0 Å². The van der Waals surface area contributed by atoms with E-state index in [9.17, 15) is 4.79 Å². The maximum atomic E-state index is 11.0. The van der Waals surface area contributed by atoms with Crippen LogP contribution in [0.5, 0.6) is 5.75 Å². The van der Waals surface area contributed by atoms with E-state index in [2.05, 4.69) is 34.1 Å². The summed E-state index contributed by atoms with van der Waals surface area (Å²) in [5.41, 5.74) is 2.65. The third kappa shape index (κ3) is 4.41. The lowest BCUT2D eigenvalue weighted by Gasteiger charge is -2.37. The standard InChI is InChI=1S/C23H28N2O3/c26-23(27)18-6-8-19(9-7-18)24-14-16-25(17-15-24)20-10-12-22(13-11-20)28-21-4-2-1-3-5-21/h6-13,21H,1-5,14-17H2,(H,26,27). The quantitative estimate of drug-likeness (QED) is 0.832. The molecule has 0 spiro atoms. The SMILES string of the molecule is O=C(O)c1ccc(N2CCN(c3ccc(OC4CCCCC4)cc3)CC2)cc1. The van der Waals surface area contributed by atoms with Crippen LogP contribution < -0.4 is 14.5 Å². The van der Waals surface area contributed by atoms with Gasteiger partial charge in [-0.15, -0.1) is 0 Å². The van der Waals surface area contributed by atoms with Gasteiger partial charge >= 0.3 is 5.97 Å². The van der Waals surface area contributed by atoms with Crippen molar-refractivity contribution >= 4 is 17.3 Å². The highest BCUT2D eigenvalue weighted by Crippen LogP contribution is 2.26. The Morgan fingerprint density at radius 1 is 0.786 bits per heavy atom. The van der Waals surface area contributed by atoms with Gasteiger partial charge in [0, 0.05) is 37.6 Å². The Bertz CT molecular complexity index is 774. The molecule has 4 rings (SSSR count). The van der Waals surface area contributed by atoms with E-state index in [1.807, 2.05) is 12.1 Å². The number of piperazine rings is 1. The zero-order valence-corrected chi connectivity index (χ0v) is 16.2. The van der Waals surface area contributed by atoms with Crippen LogP contribution >= 0.6 is 0 Å². The number of carboxylic acid groups (broad SMARTS) is 1. The fourth-order valence-electron chi connectivity index (χ4n) is 4.15. The number of aromatic carboxylic acids is 1. The van der Waals surface area contributed by atoms with Gasteiger partial charge in [0.25, 0.3) is 0 Å². The predicted molar refractivity (Wildman–Crippen MR) is 112 cm³/mol. The molecule has 28 heavy (non-hydrogen) atoms. The van der Waals surface area contributed by atoms with Crippen LogP contribution in [0.4, 0.5) is 11.4 Å². The Hall–Kier alpha value is -2.69. The Balaban J connectivity index is 1.31. The van der Waals surface area contributed by atoms with Crippen LogP contribution in [0.25, 0.3) is 0 Å². The first kappa shape index (κ1) is 18.7. The number of benzene rings is 2. The molecule has 1 N–H and O–H groups in total. The fourth-order valence-corrected chi connectivity index (χ4v) is 4.15. The molecule has 5 nitrogen and oxygen atoms in total. The number of hydrogen-bond acceptors (Lipinski definition) is 4. The first-order chi connectivity index (χ1) is 13.7. The summed E-state index contributed by atoms with van der Waals surface area (Å²) >= 11 is 0. The molecule has 2 aliphatic rings. The summed E-state index contributed by atoms with van der Waals surface area (Å²) in [6, 6.07) is 15.7. The highest BCUT2D eigenvalue weighted by Gasteiger charge is 2.19. The molecule has 1 saturated carbocycles. The second-order valence-corrected chi connectivity index (χ2v) is 7.70. The molecule has 1 aliphatic carbocycles. The second kappa shape index (κ2) is 8.55. The molecule has 0 radical (unpaired) electrons. The smallest absolute Gasteiger partial charge is 0.335 e. The Morgan fingerprint density at radius 2 is 1.29 bits per heavy atom. The average Bonchev–Trinajstić information content (AvgIpc) is 2.75. The zero-order chi connectivity index (χ0) is 19.3. The molecule has 1 heterocycles. The van der Waals surface area contributed by atoms with Crippen LogP contribution in [0, 0.1) is 0 Å². The molecule has 2 aromatic carbocycles. The molecule has 0 amide bonds. The first-order valence-electron chi connectivity index (χ1n) is 10.3. The maximum Gasteiger partial charge on any atom is 0.335 e. The summed E-state index contributed by atoms with van der Waals surface area (Å²) in [4.78, 5) is 15.7. The van der Waals surface area contributed by atoms with Gasteiger partial charge in [-0.1, -0.05) is 6.42 Å². The van der Waals surface area contributed by atoms with E-state index in [4.69, 9.17) is 9.84 Å². The van der Waals surface area contributed by atoms with Crippen LogP contribution in [0.2, 0.25) is 0 Å². The number of ether oxygens (including phenoxy) is 1. The number of carboxylic acids is 1.